The lowest BCUT2D eigenvalue weighted by molar-refractivity contribution is -0.137. The average Bonchev–Trinajstić information content (AvgIpc) is 2.61. The number of alkyl halides is 3. The van der Waals surface area contributed by atoms with Gasteiger partial charge in [-0.3, -0.25) is 4.90 Å². The summed E-state index contributed by atoms with van der Waals surface area (Å²) < 4.78 is 41.2. The van der Waals surface area contributed by atoms with Crippen molar-refractivity contribution in [1.29, 1.82) is 0 Å². The van der Waals surface area contributed by atoms with Crippen LogP contribution in [0, 0.1) is 0 Å². The summed E-state index contributed by atoms with van der Waals surface area (Å²) in [6.45, 7) is 7.62. The highest BCUT2D eigenvalue weighted by molar-refractivity contribution is 5.68. The molecular weight excluding hydrogens is 351 g/mol. The fourth-order valence-corrected chi connectivity index (χ4v) is 3.77. The van der Waals surface area contributed by atoms with Crippen LogP contribution in [0.1, 0.15) is 44.7 Å². The molecule has 1 aliphatic rings. The number of benzene rings is 2. The Balaban J connectivity index is 1.96. The number of hydrogen-bond donors (Lipinski definition) is 1. The maximum atomic E-state index is 13.7. The molecular formula is C22H26F3NO. The Bertz CT molecular complexity index is 785. The molecule has 0 radical (unpaired) electrons. The Morgan fingerprint density at radius 1 is 0.926 bits per heavy atom. The smallest absolute Gasteiger partial charge is 0.385 e. The first-order chi connectivity index (χ1) is 12.5. The van der Waals surface area contributed by atoms with Crippen molar-refractivity contribution in [3.05, 3.63) is 59.7 Å². The number of hydrogen-bond acceptors (Lipinski definition) is 2. The van der Waals surface area contributed by atoms with Crippen molar-refractivity contribution in [2.24, 2.45) is 0 Å². The van der Waals surface area contributed by atoms with Crippen LogP contribution in [0.2, 0.25) is 0 Å². The van der Waals surface area contributed by atoms with Crippen LogP contribution in [0.25, 0.3) is 11.1 Å². The van der Waals surface area contributed by atoms with Crippen molar-refractivity contribution >= 4 is 0 Å². The lowest BCUT2D eigenvalue weighted by Gasteiger charge is -2.44. The molecule has 1 N–H and O–H groups in total. The van der Waals surface area contributed by atoms with E-state index in [2.05, 4.69) is 25.7 Å². The van der Waals surface area contributed by atoms with Gasteiger partial charge in [-0.25, -0.2) is 0 Å². The van der Waals surface area contributed by atoms with Gasteiger partial charge in [0.1, 0.15) is 0 Å². The molecule has 27 heavy (non-hydrogen) atoms. The lowest BCUT2D eigenvalue weighted by Crippen LogP contribution is -2.50. The monoisotopic (exact) mass is 377 g/mol. The van der Waals surface area contributed by atoms with Crippen molar-refractivity contribution in [2.75, 3.05) is 13.1 Å². The summed E-state index contributed by atoms with van der Waals surface area (Å²) in [7, 11) is 0. The quantitative estimate of drug-likeness (QED) is 0.752. The Kier molecular flexibility index (Phi) is 5.12. The van der Waals surface area contributed by atoms with Crippen molar-refractivity contribution in [3.63, 3.8) is 0 Å². The van der Waals surface area contributed by atoms with E-state index >= 15 is 0 Å². The van der Waals surface area contributed by atoms with E-state index in [1.807, 2.05) is 0 Å². The zero-order valence-corrected chi connectivity index (χ0v) is 16.0. The second-order valence-corrected chi connectivity index (χ2v) is 8.31. The maximum Gasteiger partial charge on any atom is 0.417 e. The van der Waals surface area contributed by atoms with E-state index in [1.165, 1.54) is 6.07 Å². The van der Waals surface area contributed by atoms with Crippen molar-refractivity contribution in [3.8, 4) is 11.1 Å². The third kappa shape index (κ3) is 4.19. The van der Waals surface area contributed by atoms with Crippen LogP contribution in [-0.4, -0.2) is 28.6 Å². The Hall–Kier alpha value is -1.85. The number of piperidine rings is 1. The molecule has 5 heteroatoms. The van der Waals surface area contributed by atoms with E-state index in [0.717, 1.165) is 6.07 Å². The lowest BCUT2D eigenvalue weighted by atomic mass is 9.81. The molecule has 0 bridgehead atoms. The zero-order valence-electron chi connectivity index (χ0n) is 16.0. The summed E-state index contributed by atoms with van der Waals surface area (Å²) >= 11 is 0. The van der Waals surface area contributed by atoms with Gasteiger partial charge in [0.2, 0.25) is 0 Å². The first-order valence-corrected chi connectivity index (χ1v) is 9.25. The Morgan fingerprint density at radius 3 is 2.04 bits per heavy atom. The minimum atomic E-state index is -4.48. The molecule has 1 saturated heterocycles. The second kappa shape index (κ2) is 6.95. The highest BCUT2D eigenvalue weighted by atomic mass is 19.4. The van der Waals surface area contributed by atoms with Crippen LogP contribution in [0.15, 0.2) is 48.5 Å². The van der Waals surface area contributed by atoms with E-state index in [4.69, 9.17) is 0 Å². The first-order valence-electron chi connectivity index (χ1n) is 9.25. The number of likely N-dealkylation sites (tertiary alicyclic amines) is 1. The van der Waals surface area contributed by atoms with Crippen molar-refractivity contribution < 1.29 is 18.3 Å². The summed E-state index contributed by atoms with van der Waals surface area (Å²) in [5.74, 6) is 0. The topological polar surface area (TPSA) is 23.5 Å². The molecule has 0 atom stereocenters. The molecule has 1 heterocycles. The fourth-order valence-electron chi connectivity index (χ4n) is 3.77. The number of aliphatic hydroxyl groups is 1. The van der Waals surface area contributed by atoms with Crippen LogP contribution < -0.4 is 0 Å². The average molecular weight is 377 g/mol. The number of nitrogens with zero attached hydrogens (tertiary/aromatic N) is 1. The summed E-state index contributed by atoms with van der Waals surface area (Å²) in [6, 6.07) is 12.8. The Morgan fingerprint density at radius 2 is 1.52 bits per heavy atom. The van der Waals surface area contributed by atoms with Gasteiger partial charge in [0.15, 0.2) is 0 Å². The molecule has 146 valence electrons. The summed E-state index contributed by atoms with van der Waals surface area (Å²) in [6.07, 6.45) is -3.64. The van der Waals surface area contributed by atoms with Crippen LogP contribution >= 0.6 is 0 Å². The minimum absolute atomic E-state index is 0.0182. The summed E-state index contributed by atoms with van der Waals surface area (Å²) in [5, 5.41) is 11.1. The zero-order chi connectivity index (χ0) is 19.9. The van der Waals surface area contributed by atoms with E-state index in [9.17, 15) is 18.3 Å². The molecule has 0 unspecified atom stereocenters. The summed E-state index contributed by atoms with van der Waals surface area (Å²) in [4.78, 5) is 2.25. The second-order valence-electron chi connectivity index (χ2n) is 8.31. The van der Waals surface area contributed by atoms with Gasteiger partial charge in [-0.1, -0.05) is 42.5 Å². The predicted molar refractivity (Wildman–Crippen MR) is 101 cm³/mol. The van der Waals surface area contributed by atoms with E-state index in [-0.39, 0.29) is 11.1 Å². The number of rotatable bonds is 2. The van der Waals surface area contributed by atoms with Crippen LogP contribution in [0.5, 0.6) is 0 Å². The molecule has 1 aliphatic heterocycles. The van der Waals surface area contributed by atoms with Gasteiger partial charge in [-0.2, -0.15) is 13.2 Å². The van der Waals surface area contributed by atoms with Crippen molar-refractivity contribution in [1.82, 2.24) is 4.90 Å². The van der Waals surface area contributed by atoms with Crippen LogP contribution in [0.3, 0.4) is 0 Å². The largest absolute Gasteiger partial charge is 0.417 e. The summed E-state index contributed by atoms with van der Waals surface area (Å²) in [5.41, 5.74) is -0.929. The molecule has 0 saturated carbocycles. The number of halogens is 3. The predicted octanol–water partition coefficient (Wildman–Crippen LogP) is 5.45. The molecule has 2 nitrogen and oxygen atoms in total. The van der Waals surface area contributed by atoms with E-state index in [1.54, 1.807) is 36.4 Å². The van der Waals surface area contributed by atoms with Gasteiger partial charge < -0.3 is 5.11 Å². The maximum absolute atomic E-state index is 13.7. The standard InChI is InChI=1S/C22H26F3NO/c1-20(2,3)26-13-11-21(27,12-14-26)17-9-10-18(16-7-5-4-6-8-16)19(15-17)22(23,24)25/h4-10,15,27H,11-14H2,1-3H3. The van der Waals surface area contributed by atoms with Crippen molar-refractivity contribution in [2.45, 2.75) is 50.9 Å². The first kappa shape index (κ1) is 19.9. The van der Waals surface area contributed by atoms with Gasteiger partial charge in [0.05, 0.1) is 11.2 Å². The molecule has 3 rings (SSSR count). The van der Waals surface area contributed by atoms with Crippen LogP contribution in [0.4, 0.5) is 13.2 Å². The molecule has 0 aliphatic carbocycles. The highest BCUT2D eigenvalue weighted by Gasteiger charge is 2.40. The molecule has 2 aromatic rings. The van der Waals surface area contributed by atoms with E-state index in [0.29, 0.717) is 37.1 Å². The van der Waals surface area contributed by atoms with Gasteiger partial charge in [-0.15, -0.1) is 0 Å². The molecule has 0 aromatic heterocycles. The van der Waals surface area contributed by atoms with Gasteiger partial charge in [-0.05, 0) is 56.4 Å². The fraction of sp³-hybridized carbons (Fsp3) is 0.455. The normalized spacial score (nSPS) is 18.5. The van der Waals surface area contributed by atoms with Gasteiger partial charge >= 0.3 is 6.18 Å². The Labute approximate surface area is 158 Å². The van der Waals surface area contributed by atoms with Gasteiger partial charge in [0.25, 0.3) is 0 Å². The molecule has 2 aromatic carbocycles. The van der Waals surface area contributed by atoms with Crippen LogP contribution in [-0.2, 0) is 11.8 Å². The molecule has 0 amide bonds. The SMILES string of the molecule is CC(C)(C)N1CCC(O)(c2ccc(-c3ccccc3)c(C(F)(F)F)c2)CC1. The van der Waals surface area contributed by atoms with E-state index < -0.39 is 17.3 Å². The third-order valence-electron chi connectivity index (χ3n) is 5.49. The molecule has 0 spiro atoms. The highest BCUT2D eigenvalue weighted by Crippen LogP contribution is 2.42. The molecule has 1 fully saturated rings. The van der Waals surface area contributed by atoms with Gasteiger partial charge in [0, 0.05) is 18.6 Å². The third-order valence-corrected chi connectivity index (χ3v) is 5.49. The minimum Gasteiger partial charge on any atom is -0.385 e.